The van der Waals surface area contributed by atoms with E-state index in [2.05, 4.69) is 36.5 Å². The van der Waals surface area contributed by atoms with Gasteiger partial charge in [0.15, 0.2) is 0 Å². The number of nitrogens with one attached hydrogen (secondary N) is 1. The molecule has 2 N–H and O–H groups in total. The molecule has 1 fully saturated rings. The molecule has 1 aliphatic rings. The van der Waals surface area contributed by atoms with E-state index >= 15 is 0 Å². The highest BCUT2D eigenvalue weighted by molar-refractivity contribution is 5.44. The minimum Gasteiger partial charge on any atom is -0.396 e. The Balaban J connectivity index is 1.76. The van der Waals surface area contributed by atoms with Crippen molar-refractivity contribution in [3.05, 3.63) is 29.8 Å². The standard InChI is InChI=1S/C16H25NO/c1-13-2-4-15(5-3-13)12-17-16-8-6-14(7-9-16)10-11-18/h6-9,13,15,17-18H,2-5,10-12H2,1H3. The summed E-state index contributed by atoms with van der Waals surface area (Å²) in [7, 11) is 0. The molecule has 0 bridgehead atoms. The fraction of sp³-hybridized carbons (Fsp3) is 0.625. The normalized spacial score (nSPS) is 23.9. The molecule has 0 radical (unpaired) electrons. The maximum atomic E-state index is 8.87. The van der Waals surface area contributed by atoms with Gasteiger partial charge in [-0.2, -0.15) is 0 Å². The fourth-order valence-electron chi connectivity index (χ4n) is 2.71. The van der Waals surface area contributed by atoms with Gasteiger partial charge in [-0.1, -0.05) is 31.9 Å². The van der Waals surface area contributed by atoms with Gasteiger partial charge in [-0.3, -0.25) is 0 Å². The van der Waals surface area contributed by atoms with Gasteiger partial charge in [-0.25, -0.2) is 0 Å². The first-order chi connectivity index (χ1) is 8.78. The molecule has 0 atom stereocenters. The van der Waals surface area contributed by atoms with Crippen LogP contribution in [0.3, 0.4) is 0 Å². The van der Waals surface area contributed by atoms with Gasteiger partial charge in [0.2, 0.25) is 0 Å². The molecular formula is C16H25NO. The van der Waals surface area contributed by atoms with Gasteiger partial charge >= 0.3 is 0 Å². The molecule has 100 valence electrons. The highest BCUT2D eigenvalue weighted by atomic mass is 16.2. The van der Waals surface area contributed by atoms with Crippen molar-refractivity contribution in [3.8, 4) is 0 Å². The van der Waals surface area contributed by atoms with Crippen molar-refractivity contribution >= 4 is 5.69 Å². The molecule has 2 nitrogen and oxygen atoms in total. The summed E-state index contributed by atoms with van der Waals surface area (Å²) in [4.78, 5) is 0. The second-order valence-electron chi connectivity index (χ2n) is 5.68. The molecule has 1 saturated carbocycles. The van der Waals surface area contributed by atoms with Crippen molar-refractivity contribution in [1.29, 1.82) is 0 Å². The number of aliphatic hydroxyl groups excluding tert-OH is 1. The first-order valence-electron chi connectivity index (χ1n) is 7.21. The zero-order valence-corrected chi connectivity index (χ0v) is 11.4. The lowest BCUT2D eigenvalue weighted by Gasteiger charge is -2.26. The van der Waals surface area contributed by atoms with E-state index in [1.807, 2.05) is 0 Å². The Morgan fingerprint density at radius 1 is 1.11 bits per heavy atom. The Morgan fingerprint density at radius 2 is 1.78 bits per heavy atom. The third-order valence-corrected chi connectivity index (χ3v) is 4.08. The average Bonchev–Trinajstić information content (AvgIpc) is 2.40. The molecule has 0 aromatic heterocycles. The van der Waals surface area contributed by atoms with Crippen molar-refractivity contribution in [1.82, 2.24) is 0 Å². The van der Waals surface area contributed by atoms with Crippen LogP contribution in [-0.2, 0) is 6.42 Å². The van der Waals surface area contributed by atoms with Crippen molar-refractivity contribution in [2.45, 2.75) is 39.0 Å². The molecule has 1 aromatic carbocycles. The SMILES string of the molecule is CC1CCC(CNc2ccc(CCO)cc2)CC1. The van der Waals surface area contributed by atoms with Crippen LogP contribution >= 0.6 is 0 Å². The van der Waals surface area contributed by atoms with E-state index in [9.17, 15) is 0 Å². The molecule has 0 heterocycles. The van der Waals surface area contributed by atoms with Crippen molar-refractivity contribution in [3.63, 3.8) is 0 Å². The topological polar surface area (TPSA) is 32.3 Å². The zero-order valence-electron chi connectivity index (χ0n) is 11.4. The van der Waals surface area contributed by atoms with E-state index in [0.717, 1.165) is 24.8 Å². The molecular weight excluding hydrogens is 222 g/mol. The molecule has 1 aromatic rings. The molecule has 2 rings (SSSR count). The quantitative estimate of drug-likeness (QED) is 0.835. The first kappa shape index (κ1) is 13.4. The molecule has 2 heteroatoms. The highest BCUT2D eigenvalue weighted by Crippen LogP contribution is 2.28. The Morgan fingerprint density at radius 3 is 2.39 bits per heavy atom. The van der Waals surface area contributed by atoms with E-state index in [0.29, 0.717) is 0 Å². The second kappa shape index (κ2) is 6.79. The lowest BCUT2D eigenvalue weighted by Crippen LogP contribution is -2.20. The predicted molar refractivity (Wildman–Crippen MR) is 76.8 cm³/mol. The summed E-state index contributed by atoms with van der Waals surface area (Å²) < 4.78 is 0. The van der Waals surface area contributed by atoms with Gasteiger partial charge in [0.25, 0.3) is 0 Å². The van der Waals surface area contributed by atoms with E-state index in [4.69, 9.17) is 5.11 Å². The van der Waals surface area contributed by atoms with Crippen LogP contribution in [-0.4, -0.2) is 18.3 Å². The van der Waals surface area contributed by atoms with Crippen LogP contribution in [0.15, 0.2) is 24.3 Å². The van der Waals surface area contributed by atoms with Crippen LogP contribution in [0.4, 0.5) is 5.69 Å². The Hall–Kier alpha value is -1.02. The molecule has 0 spiro atoms. The number of anilines is 1. The van der Waals surface area contributed by atoms with Crippen molar-refractivity contribution in [2.75, 3.05) is 18.5 Å². The number of hydrogen-bond donors (Lipinski definition) is 2. The Labute approximate surface area is 110 Å². The summed E-state index contributed by atoms with van der Waals surface area (Å²) in [6.07, 6.45) is 6.28. The lowest BCUT2D eigenvalue weighted by atomic mass is 9.83. The summed E-state index contributed by atoms with van der Waals surface area (Å²) in [6.45, 7) is 3.70. The van der Waals surface area contributed by atoms with E-state index in [1.54, 1.807) is 0 Å². The number of benzene rings is 1. The van der Waals surface area contributed by atoms with Crippen molar-refractivity contribution < 1.29 is 5.11 Å². The summed E-state index contributed by atoms with van der Waals surface area (Å²) in [6, 6.07) is 8.44. The number of rotatable bonds is 5. The van der Waals surface area contributed by atoms with Gasteiger partial charge in [-0.15, -0.1) is 0 Å². The summed E-state index contributed by atoms with van der Waals surface area (Å²) in [5.41, 5.74) is 2.41. The van der Waals surface area contributed by atoms with Crippen LogP contribution in [0.25, 0.3) is 0 Å². The maximum Gasteiger partial charge on any atom is 0.0471 e. The molecule has 0 unspecified atom stereocenters. The monoisotopic (exact) mass is 247 g/mol. The molecule has 18 heavy (non-hydrogen) atoms. The maximum absolute atomic E-state index is 8.87. The summed E-state index contributed by atoms with van der Waals surface area (Å²) in [5.74, 6) is 1.78. The van der Waals surface area contributed by atoms with E-state index < -0.39 is 0 Å². The van der Waals surface area contributed by atoms with E-state index in [1.165, 1.54) is 36.9 Å². The average molecular weight is 247 g/mol. The summed E-state index contributed by atoms with van der Waals surface area (Å²) >= 11 is 0. The molecule has 0 saturated heterocycles. The third-order valence-electron chi connectivity index (χ3n) is 4.08. The summed E-state index contributed by atoms with van der Waals surface area (Å²) in [5, 5.41) is 12.4. The van der Waals surface area contributed by atoms with Gasteiger partial charge in [0, 0.05) is 18.8 Å². The Kier molecular flexibility index (Phi) is 5.06. The molecule has 0 amide bonds. The first-order valence-corrected chi connectivity index (χ1v) is 7.21. The fourth-order valence-corrected chi connectivity index (χ4v) is 2.71. The minimum atomic E-state index is 0.229. The Bertz CT molecular complexity index is 339. The minimum absolute atomic E-state index is 0.229. The van der Waals surface area contributed by atoms with Gasteiger partial charge in [-0.05, 0) is 48.8 Å². The van der Waals surface area contributed by atoms with Crippen LogP contribution in [0.5, 0.6) is 0 Å². The molecule has 0 aliphatic heterocycles. The largest absolute Gasteiger partial charge is 0.396 e. The molecule has 1 aliphatic carbocycles. The predicted octanol–water partition coefficient (Wildman–Crippen LogP) is 3.46. The smallest absolute Gasteiger partial charge is 0.0471 e. The van der Waals surface area contributed by atoms with Crippen LogP contribution in [0.2, 0.25) is 0 Å². The lowest BCUT2D eigenvalue weighted by molar-refractivity contribution is 0.299. The third kappa shape index (κ3) is 4.02. The van der Waals surface area contributed by atoms with Gasteiger partial charge in [0.05, 0.1) is 0 Å². The highest BCUT2D eigenvalue weighted by Gasteiger charge is 2.17. The second-order valence-corrected chi connectivity index (χ2v) is 5.68. The zero-order chi connectivity index (χ0) is 12.8. The van der Waals surface area contributed by atoms with Crippen LogP contribution in [0.1, 0.15) is 38.2 Å². The van der Waals surface area contributed by atoms with Crippen LogP contribution < -0.4 is 5.32 Å². The van der Waals surface area contributed by atoms with Gasteiger partial charge < -0.3 is 10.4 Å². The van der Waals surface area contributed by atoms with Gasteiger partial charge in [0.1, 0.15) is 0 Å². The van der Waals surface area contributed by atoms with E-state index in [-0.39, 0.29) is 6.61 Å². The van der Waals surface area contributed by atoms with Crippen molar-refractivity contribution in [2.24, 2.45) is 11.8 Å². The number of hydrogen-bond acceptors (Lipinski definition) is 2. The number of aliphatic hydroxyl groups is 1. The van der Waals surface area contributed by atoms with Crippen LogP contribution in [0, 0.1) is 11.8 Å².